The highest BCUT2D eigenvalue weighted by Crippen LogP contribution is 2.26. The molecule has 2 aliphatic rings. The van der Waals surface area contributed by atoms with Gasteiger partial charge in [-0.25, -0.2) is 13.4 Å². The Morgan fingerprint density at radius 2 is 1.68 bits per heavy atom. The molecule has 1 amide bonds. The summed E-state index contributed by atoms with van der Waals surface area (Å²) in [5, 5.41) is 7.16. The normalized spacial score (nSPS) is 17.5. The highest BCUT2D eigenvalue weighted by Gasteiger charge is 2.38. The molecular weight excluding hydrogens is 556 g/mol. The van der Waals surface area contributed by atoms with Crippen LogP contribution in [0.2, 0.25) is 5.02 Å². The summed E-state index contributed by atoms with van der Waals surface area (Å²) in [6.07, 6.45) is 3.49. The first kappa shape index (κ1) is 28.2. The van der Waals surface area contributed by atoms with Gasteiger partial charge in [0, 0.05) is 55.8 Å². The third-order valence-electron chi connectivity index (χ3n) is 7.04. The van der Waals surface area contributed by atoms with E-state index in [1.54, 1.807) is 54.8 Å². The van der Waals surface area contributed by atoms with Gasteiger partial charge >= 0.3 is 5.97 Å². The van der Waals surface area contributed by atoms with Gasteiger partial charge in [-0.2, -0.15) is 4.31 Å². The number of hydrogen-bond donors (Lipinski definition) is 0. The van der Waals surface area contributed by atoms with Crippen LogP contribution in [0.3, 0.4) is 0 Å². The van der Waals surface area contributed by atoms with Crippen molar-refractivity contribution in [3.63, 3.8) is 0 Å². The molecule has 0 radical (unpaired) electrons. The zero-order valence-corrected chi connectivity index (χ0v) is 23.7. The van der Waals surface area contributed by atoms with Crippen LogP contribution >= 0.6 is 11.6 Å². The molecule has 2 saturated heterocycles. The number of benzene rings is 2. The third-order valence-corrected chi connectivity index (χ3v) is 9.11. The molecule has 212 valence electrons. The fraction of sp³-hybridized carbons (Fsp3) is 0.370. The Bertz CT molecular complexity index is 1480. The molecule has 0 atom stereocenters. The molecular formula is C27H31ClN6O5S. The lowest BCUT2D eigenvalue weighted by Crippen LogP contribution is -2.66. The van der Waals surface area contributed by atoms with E-state index in [9.17, 15) is 18.0 Å². The summed E-state index contributed by atoms with van der Waals surface area (Å²) in [6.45, 7) is 4.15. The standard InChI is InChI=1S/C27H31ClN6O5S/c1-2-39-27(36)20-34(31-13-11-30(12-14-31)24-7-9-29-10-8-24)33-16-15-32(19-26(33)35)40(37,38)25-6-4-21-17-23(28)5-3-22(21)18-25/h3-10,17-18H,2,11-16,19-20H2,1H3. The maximum Gasteiger partial charge on any atom is 0.323 e. The van der Waals surface area contributed by atoms with Gasteiger partial charge < -0.3 is 9.64 Å². The molecule has 13 heteroatoms. The molecule has 3 aromatic rings. The lowest BCUT2D eigenvalue weighted by Gasteiger charge is -2.47. The number of ether oxygens (including phenoxy) is 1. The molecule has 0 N–H and O–H groups in total. The zero-order valence-electron chi connectivity index (χ0n) is 22.1. The molecule has 2 fully saturated rings. The molecule has 1 aromatic heterocycles. The van der Waals surface area contributed by atoms with Crippen LogP contribution in [0.4, 0.5) is 5.69 Å². The average Bonchev–Trinajstić information content (AvgIpc) is 2.96. The summed E-state index contributed by atoms with van der Waals surface area (Å²) in [6, 6.07) is 14.0. The van der Waals surface area contributed by atoms with Crippen molar-refractivity contribution >= 4 is 50.0 Å². The van der Waals surface area contributed by atoms with Crippen LogP contribution in [0.5, 0.6) is 0 Å². The van der Waals surface area contributed by atoms with Crippen molar-refractivity contribution in [1.29, 1.82) is 0 Å². The van der Waals surface area contributed by atoms with E-state index in [0.717, 1.165) is 16.5 Å². The van der Waals surface area contributed by atoms with Gasteiger partial charge in [0.1, 0.15) is 6.54 Å². The van der Waals surface area contributed by atoms with Crippen LogP contribution in [0, 0.1) is 0 Å². The van der Waals surface area contributed by atoms with Crippen molar-refractivity contribution in [1.82, 2.24) is 24.4 Å². The quantitative estimate of drug-likeness (QED) is 0.367. The summed E-state index contributed by atoms with van der Waals surface area (Å²) < 4.78 is 33.3. The number of pyridine rings is 1. The van der Waals surface area contributed by atoms with Gasteiger partial charge in [0.25, 0.3) is 5.91 Å². The van der Waals surface area contributed by atoms with Gasteiger partial charge in [-0.15, -0.1) is 5.12 Å². The zero-order chi connectivity index (χ0) is 28.3. The number of hydrazine groups is 2. The number of carbonyl (C=O) groups excluding carboxylic acids is 2. The molecule has 3 heterocycles. The molecule has 11 nitrogen and oxygen atoms in total. The molecule has 0 unspecified atom stereocenters. The molecule has 0 aliphatic carbocycles. The van der Waals surface area contributed by atoms with Crippen molar-refractivity contribution in [2.24, 2.45) is 0 Å². The minimum Gasteiger partial charge on any atom is -0.465 e. The van der Waals surface area contributed by atoms with Crippen molar-refractivity contribution in [3.8, 4) is 0 Å². The lowest BCUT2D eigenvalue weighted by atomic mass is 10.1. The maximum atomic E-state index is 13.5. The summed E-state index contributed by atoms with van der Waals surface area (Å²) in [5.41, 5.74) is 1.05. The summed E-state index contributed by atoms with van der Waals surface area (Å²) >= 11 is 6.06. The Kier molecular flexibility index (Phi) is 8.52. The minimum atomic E-state index is -3.92. The highest BCUT2D eigenvalue weighted by atomic mass is 35.5. The van der Waals surface area contributed by atoms with Crippen LogP contribution < -0.4 is 4.90 Å². The van der Waals surface area contributed by atoms with E-state index in [-0.39, 0.29) is 37.7 Å². The summed E-state index contributed by atoms with van der Waals surface area (Å²) in [5.74, 6) is -0.874. The topological polar surface area (TPSA) is 107 Å². The maximum absolute atomic E-state index is 13.5. The average molecular weight is 587 g/mol. The Morgan fingerprint density at radius 3 is 2.38 bits per heavy atom. The molecule has 0 bridgehead atoms. The number of rotatable bonds is 8. The Balaban J connectivity index is 1.30. The van der Waals surface area contributed by atoms with E-state index in [1.807, 2.05) is 17.1 Å². The number of piperazine rings is 2. The number of fused-ring (bicyclic) bond motifs is 1. The SMILES string of the molecule is CCOC(=O)CN(N1CCN(c2ccncc2)CC1)N1CCN(S(=O)(=O)c2ccc3cc(Cl)ccc3c2)CC1=O. The van der Waals surface area contributed by atoms with Crippen LogP contribution in [0.1, 0.15) is 6.92 Å². The molecule has 0 saturated carbocycles. The van der Waals surface area contributed by atoms with Crippen LogP contribution in [0.25, 0.3) is 10.8 Å². The molecule has 5 rings (SSSR count). The molecule has 0 spiro atoms. The lowest BCUT2D eigenvalue weighted by molar-refractivity contribution is -0.208. The van der Waals surface area contributed by atoms with Crippen molar-refractivity contribution < 1.29 is 22.7 Å². The van der Waals surface area contributed by atoms with E-state index in [0.29, 0.717) is 31.2 Å². The number of amides is 1. The highest BCUT2D eigenvalue weighted by molar-refractivity contribution is 7.89. The summed E-state index contributed by atoms with van der Waals surface area (Å²) in [4.78, 5) is 32.3. The van der Waals surface area contributed by atoms with Crippen LogP contribution in [-0.2, 0) is 24.3 Å². The second-order valence-corrected chi connectivity index (χ2v) is 11.9. The summed E-state index contributed by atoms with van der Waals surface area (Å²) in [7, 11) is -3.92. The second-order valence-electron chi connectivity index (χ2n) is 9.49. The van der Waals surface area contributed by atoms with Gasteiger partial charge in [-0.3, -0.25) is 19.6 Å². The van der Waals surface area contributed by atoms with Gasteiger partial charge in [0.2, 0.25) is 10.0 Å². The second kappa shape index (κ2) is 12.1. The first-order valence-electron chi connectivity index (χ1n) is 13.1. The number of anilines is 1. The predicted octanol–water partition coefficient (Wildman–Crippen LogP) is 2.24. The van der Waals surface area contributed by atoms with Gasteiger partial charge in [0.15, 0.2) is 0 Å². The van der Waals surface area contributed by atoms with Gasteiger partial charge in [0.05, 0.1) is 24.6 Å². The predicted molar refractivity (Wildman–Crippen MR) is 151 cm³/mol. The van der Waals surface area contributed by atoms with Gasteiger partial charge in [-0.1, -0.05) is 23.7 Å². The van der Waals surface area contributed by atoms with Crippen molar-refractivity contribution in [2.45, 2.75) is 11.8 Å². The van der Waals surface area contributed by atoms with Crippen molar-refractivity contribution in [2.75, 3.05) is 63.9 Å². The van der Waals surface area contributed by atoms with Gasteiger partial charge in [-0.05, 0) is 54.1 Å². The monoisotopic (exact) mass is 586 g/mol. The fourth-order valence-corrected chi connectivity index (χ4v) is 6.59. The molecule has 2 aliphatic heterocycles. The van der Waals surface area contributed by atoms with E-state index in [4.69, 9.17) is 16.3 Å². The Labute approximate surface area is 238 Å². The number of carbonyl (C=O) groups is 2. The smallest absolute Gasteiger partial charge is 0.323 e. The van der Waals surface area contributed by atoms with E-state index >= 15 is 0 Å². The van der Waals surface area contributed by atoms with Crippen LogP contribution in [0.15, 0.2) is 65.8 Å². The van der Waals surface area contributed by atoms with E-state index in [2.05, 4.69) is 9.88 Å². The van der Waals surface area contributed by atoms with E-state index in [1.165, 1.54) is 15.4 Å². The van der Waals surface area contributed by atoms with E-state index < -0.39 is 21.9 Å². The molecule has 2 aromatic carbocycles. The number of esters is 1. The largest absolute Gasteiger partial charge is 0.465 e. The molecule has 40 heavy (non-hydrogen) atoms. The van der Waals surface area contributed by atoms with Crippen LogP contribution in [-0.4, -0.2) is 104 Å². The number of sulfonamides is 1. The van der Waals surface area contributed by atoms with Crippen molar-refractivity contribution in [3.05, 3.63) is 65.9 Å². The minimum absolute atomic E-state index is 0.0863. The first-order chi connectivity index (χ1) is 19.3. The Morgan fingerprint density at radius 1 is 0.975 bits per heavy atom. The Hall–Kier alpha value is -3.29. The first-order valence-corrected chi connectivity index (χ1v) is 14.9. The fourth-order valence-electron chi connectivity index (χ4n) is 5.00. The number of hydrogen-bond acceptors (Lipinski definition) is 9. The number of aromatic nitrogens is 1. The third kappa shape index (κ3) is 6.06. The number of halogens is 1. The number of nitrogens with zero attached hydrogens (tertiary/aromatic N) is 6.